The average Bonchev–Trinajstić information content (AvgIpc) is 3.12. The molecule has 0 spiro atoms. The summed E-state index contributed by atoms with van der Waals surface area (Å²) in [5.41, 5.74) is 10.3. The molecule has 7 heteroatoms. The van der Waals surface area contributed by atoms with Crippen LogP contribution in [0.5, 0.6) is 5.75 Å². The first-order valence-corrected chi connectivity index (χ1v) is 9.71. The molecule has 0 saturated heterocycles. The van der Waals surface area contributed by atoms with Crippen molar-refractivity contribution in [3.63, 3.8) is 0 Å². The molecule has 7 nitrogen and oxygen atoms in total. The third-order valence-corrected chi connectivity index (χ3v) is 5.13. The molecule has 1 aromatic carbocycles. The summed E-state index contributed by atoms with van der Waals surface area (Å²) in [5.74, 6) is 1.33. The number of aromatic nitrogens is 3. The van der Waals surface area contributed by atoms with Crippen molar-refractivity contribution in [3.8, 4) is 17.1 Å². The largest absolute Gasteiger partial charge is 0.482 e. The van der Waals surface area contributed by atoms with E-state index in [9.17, 15) is 4.79 Å². The second-order valence-electron chi connectivity index (χ2n) is 7.61. The zero-order valence-electron chi connectivity index (χ0n) is 17.7. The Bertz CT molecular complexity index is 1320. The van der Waals surface area contributed by atoms with E-state index in [2.05, 4.69) is 10.1 Å². The molecule has 0 saturated carbocycles. The number of benzene rings is 1. The Labute approximate surface area is 174 Å². The van der Waals surface area contributed by atoms with E-state index in [-0.39, 0.29) is 5.43 Å². The maximum Gasteiger partial charge on any atom is 0.196 e. The van der Waals surface area contributed by atoms with Crippen LogP contribution in [-0.4, -0.2) is 14.8 Å². The Morgan fingerprint density at radius 2 is 1.97 bits per heavy atom. The Kier molecular flexibility index (Phi) is 4.81. The van der Waals surface area contributed by atoms with Gasteiger partial charge in [0.25, 0.3) is 0 Å². The van der Waals surface area contributed by atoms with Crippen LogP contribution in [0.4, 0.5) is 5.82 Å². The number of nitrogen functional groups attached to an aromatic ring is 1. The molecule has 1 atom stereocenters. The summed E-state index contributed by atoms with van der Waals surface area (Å²) in [4.78, 5) is 17.4. The quantitative estimate of drug-likeness (QED) is 0.547. The van der Waals surface area contributed by atoms with Gasteiger partial charge in [0.1, 0.15) is 17.4 Å². The summed E-state index contributed by atoms with van der Waals surface area (Å²) in [6, 6.07) is 7.46. The molecule has 4 rings (SSSR count). The molecule has 154 valence electrons. The highest BCUT2D eigenvalue weighted by Gasteiger charge is 2.21. The Morgan fingerprint density at radius 1 is 1.20 bits per heavy atom. The highest BCUT2D eigenvalue weighted by atomic mass is 16.5. The van der Waals surface area contributed by atoms with Crippen LogP contribution in [0.1, 0.15) is 35.4 Å². The van der Waals surface area contributed by atoms with E-state index in [1.54, 1.807) is 23.9 Å². The first-order valence-electron chi connectivity index (χ1n) is 9.71. The zero-order valence-corrected chi connectivity index (χ0v) is 17.7. The van der Waals surface area contributed by atoms with Gasteiger partial charge in [-0.15, -0.1) is 0 Å². The van der Waals surface area contributed by atoms with Gasteiger partial charge >= 0.3 is 0 Å². The minimum absolute atomic E-state index is 0.0660. The van der Waals surface area contributed by atoms with Gasteiger partial charge in [0.05, 0.1) is 17.1 Å². The van der Waals surface area contributed by atoms with Crippen LogP contribution < -0.4 is 15.9 Å². The van der Waals surface area contributed by atoms with E-state index in [0.717, 1.165) is 22.4 Å². The van der Waals surface area contributed by atoms with Crippen molar-refractivity contribution in [3.05, 3.63) is 69.3 Å². The van der Waals surface area contributed by atoms with Crippen molar-refractivity contribution in [2.75, 3.05) is 5.73 Å². The van der Waals surface area contributed by atoms with E-state index >= 15 is 0 Å². The molecule has 0 aliphatic heterocycles. The number of fused-ring (bicyclic) bond motifs is 1. The highest BCUT2D eigenvalue weighted by molar-refractivity contribution is 5.84. The number of pyridine rings is 1. The summed E-state index contributed by atoms with van der Waals surface area (Å²) in [5, 5.41) is 4.73. The van der Waals surface area contributed by atoms with Crippen LogP contribution in [0, 0.1) is 20.8 Å². The highest BCUT2D eigenvalue weighted by Crippen LogP contribution is 2.33. The molecular weight excluding hydrogens is 380 g/mol. The molecule has 0 aliphatic carbocycles. The van der Waals surface area contributed by atoms with Crippen LogP contribution in [0.2, 0.25) is 0 Å². The molecule has 0 fully saturated rings. The summed E-state index contributed by atoms with van der Waals surface area (Å²) in [6.07, 6.45) is 3.10. The normalized spacial score (nSPS) is 12.3. The van der Waals surface area contributed by atoms with Crippen molar-refractivity contribution in [2.45, 2.75) is 33.8 Å². The standard InChI is InChI=1S/C23H24N4O3/c1-12-8-17(15(4)29-19-7-6-13(2)26-23(19)24)22-18(9-12)20(28)14(3)21(30-22)16-10-25-27(5)11-16/h6-11,15H,1-5H3,(H2,24,26)/t15-/m1/s1. The lowest BCUT2D eigenvalue weighted by molar-refractivity contribution is 0.227. The predicted molar refractivity (Wildman–Crippen MR) is 117 cm³/mol. The average molecular weight is 404 g/mol. The lowest BCUT2D eigenvalue weighted by Gasteiger charge is -2.18. The lowest BCUT2D eigenvalue weighted by atomic mass is 10.0. The Morgan fingerprint density at radius 3 is 2.63 bits per heavy atom. The first kappa shape index (κ1) is 19.7. The number of nitrogens with zero attached hydrogens (tertiary/aromatic N) is 3. The van der Waals surface area contributed by atoms with Gasteiger partial charge in [-0.1, -0.05) is 0 Å². The Hall–Kier alpha value is -3.61. The number of nitrogens with two attached hydrogens (primary N) is 1. The third-order valence-electron chi connectivity index (χ3n) is 5.13. The molecule has 0 unspecified atom stereocenters. The van der Waals surface area contributed by atoms with E-state index < -0.39 is 6.10 Å². The number of anilines is 1. The minimum atomic E-state index is -0.410. The maximum atomic E-state index is 13.1. The first-order chi connectivity index (χ1) is 14.2. The molecule has 0 bridgehead atoms. The maximum absolute atomic E-state index is 13.1. The van der Waals surface area contributed by atoms with Crippen LogP contribution in [0.25, 0.3) is 22.3 Å². The molecule has 0 radical (unpaired) electrons. The molecule has 3 aromatic heterocycles. The van der Waals surface area contributed by atoms with Crippen LogP contribution >= 0.6 is 0 Å². The van der Waals surface area contributed by atoms with Gasteiger partial charge in [0.2, 0.25) is 0 Å². The topological polar surface area (TPSA) is 96.2 Å². The van der Waals surface area contributed by atoms with Gasteiger partial charge in [-0.25, -0.2) is 4.98 Å². The number of rotatable bonds is 4. The number of hydrogen-bond acceptors (Lipinski definition) is 6. The fourth-order valence-corrected chi connectivity index (χ4v) is 3.60. The monoisotopic (exact) mass is 404 g/mol. The lowest BCUT2D eigenvalue weighted by Crippen LogP contribution is -2.12. The van der Waals surface area contributed by atoms with Crippen LogP contribution in [-0.2, 0) is 7.05 Å². The fraction of sp³-hybridized carbons (Fsp3) is 0.261. The van der Waals surface area contributed by atoms with Crippen LogP contribution in [0.3, 0.4) is 0 Å². The summed E-state index contributed by atoms with van der Waals surface area (Å²) in [7, 11) is 1.82. The van der Waals surface area contributed by atoms with E-state index in [0.29, 0.717) is 33.9 Å². The van der Waals surface area contributed by atoms with Gasteiger partial charge in [-0.05, 0) is 57.5 Å². The molecule has 30 heavy (non-hydrogen) atoms. The summed E-state index contributed by atoms with van der Waals surface area (Å²) in [6.45, 7) is 7.49. The Balaban J connectivity index is 1.88. The fourth-order valence-electron chi connectivity index (χ4n) is 3.60. The molecule has 4 aromatic rings. The third kappa shape index (κ3) is 3.43. The van der Waals surface area contributed by atoms with Gasteiger partial charge in [-0.2, -0.15) is 5.10 Å². The zero-order chi connectivity index (χ0) is 21.6. The van der Waals surface area contributed by atoms with Crippen molar-refractivity contribution >= 4 is 16.8 Å². The van der Waals surface area contributed by atoms with Crippen molar-refractivity contribution < 1.29 is 9.15 Å². The number of aryl methyl sites for hydroxylation is 3. The molecule has 3 heterocycles. The molecular formula is C23H24N4O3. The van der Waals surface area contributed by atoms with Gasteiger partial charge in [0.15, 0.2) is 17.0 Å². The number of hydrogen-bond donors (Lipinski definition) is 1. The SMILES string of the molecule is Cc1cc([C@@H](C)Oc2ccc(C)nc2N)c2oc(-c3cnn(C)c3)c(C)c(=O)c2c1. The molecule has 0 amide bonds. The second-order valence-corrected chi connectivity index (χ2v) is 7.61. The van der Waals surface area contributed by atoms with Crippen molar-refractivity contribution in [2.24, 2.45) is 7.05 Å². The summed E-state index contributed by atoms with van der Waals surface area (Å²) >= 11 is 0. The molecule has 2 N–H and O–H groups in total. The van der Waals surface area contributed by atoms with E-state index in [1.165, 1.54) is 0 Å². The van der Waals surface area contributed by atoms with E-state index in [1.807, 2.05) is 52.2 Å². The van der Waals surface area contributed by atoms with Gasteiger partial charge in [-0.3, -0.25) is 9.48 Å². The van der Waals surface area contributed by atoms with Gasteiger partial charge in [0, 0.05) is 30.1 Å². The summed E-state index contributed by atoms with van der Waals surface area (Å²) < 4.78 is 14.1. The smallest absolute Gasteiger partial charge is 0.196 e. The van der Waals surface area contributed by atoms with E-state index in [4.69, 9.17) is 14.9 Å². The number of ether oxygens (including phenoxy) is 1. The second kappa shape index (κ2) is 7.33. The van der Waals surface area contributed by atoms with Gasteiger partial charge < -0.3 is 14.9 Å². The van der Waals surface area contributed by atoms with Crippen molar-refractivity contribution in [1.29, 1.82) is 0 Å². The van der Waals surface area contributed by atoms with Crippen molar-refractivity contribution in [1.82, 2.24) is 14.8 Å². The minimum Gasteiger partial charge on any atom is -0.482 e. The van der Waals surface area contributed by atoms with Crippen LogP contribution in [0.15, 0.2) is 45.9 Å². The molecule has 0 aliphatic rings. The predicted octanol–water partition coefficient (Wildman–Crippen LogP) is 4.24.